The molecule has 0 saturated carbocycles. The summed E-state index contributed by atoms with van der Waals surface area (Å²) in [5, 5.41) is 41.5. The van der Waals surface area contributed by atoms with Crippen LogP contribution in [0.15, 0.2) is 259 Å². The van der Waals surface area contributed by atoms with E-state index in [1.165, 1.54) is 88.2 Å². The van der Waals surface area contributed by atoms with E-state index in [1.54, 1.807) is 0 Å². The predicted octanol–water partition coefficient (Wildman–Crippen LogP) is 24.3. The molecule has 0 heterocycles. The van der Waals surface area contributed by atoms with E-state index in [0.29, 0.717) is 47.3 Å². The van der Waals surface area contributed by atoms with E-state index >= 15 is 0 Å². The maximum absolute atomic E-state index is 6.10. The second-order valence-electron chi connectivity index (χ2n) is 21.4. The van der Waals surface area contributed by atoms with Crippen molar-refractivity contribution in [1.29, 1.82) is 0 Å². The van der Waals surface area contributed by atoms with Crippen LogP contribution in [0.1, 0.15) is 113 Å². The number of hydrogen-bond acceptors (Lipinski definition) is 10. The highest BCUT2D eigenvalue weighted by molar-refractivity contribution is 6.12. The van der Waals surface area contributed by atoms with E-state index in [2.05, 4.69) is 119 Å². The molecule has 0 radical (unpaired) electrons. The molecular formula is C74H74N8O2. The van der Waals surface area contributed by atoms with E-state index < -0.39 is 0 Å². The summed E-state index contributed by atoms with van der Waals surface area (Å²) in [7, 11) is 0. The lowest BCUT2D eigenvalue weighted by atomic mass is 9.91. The fraction of sp³-hybridized carbons (Fsp3) is 0.243. The van der Waals surface area contributed by atoms with Crippen molar-refractivity contribution in [1.82, 2.24) is 0 Å². The van der Waals surface area contributed by atoms with E-state index in [1.807, 2.05) is 133 Å². The number of hydrogen-bond donors (Lipinski definition) is 0. The first kappa shape index (κ1) is 57.9. The van der Waals surface area contributed by atoms with Crippen LogP contribution in [0, 0.1) is 0 Å². The zero-order valence-corrected chi connectivity index (χ0v) is 48.5. The van der Waals surface area contributed by atoms with Crippen molar-refractivity contribution in [2.24, 2.45) is 40.9 Å². The average Bonchev–Trinajstić information content (AvgIpc) is 2.03. The molecule has 0 bridgehead atoms. The van der Waals surface area contributed by atoms with Gasteiger partial charge in [-0.15, -0.1) is 10.2 Å². The Labute approximate surface area is 495 Å². The smallest absolute Gasteiger partial charge is 0.119 e. The van der Waals surface area contributed by atoms with Crippen molar-refractivity contribution in [2.75, 3.05) is 0 Å². The van der Waals surface area contributed by atoms with Crippen LogP contribution in [-0.2, 0) is 26.1 Å². The summed E-state index contributed by atoms with van der Waals surface area (Å²) in [6.45, 7) is 5.55. The molecule has 10 heteroatoms. The second-order valence-corrected chi connectivity index (χ2v) is 21.4. The zero-order chi connectivity index (χ0) is 57.4. The van der Waals surface area contributed by atoms with E-state index in [0.717, 1.165) is 79.5 Å². The molecule has 0 atom stereocenters. The van der Waals surface area contributed by atoms with Gasteiger partial charge in [-0.3, -0.25) is 0 Å². The summed E-state index contributed by atoms with van der Waals surface area (Å²) in [5.74, 6) is 1.57. The van der Waals surface area contributed by atoms with Crippen LogP contribution in [0.3, 0.4) is 0 Å². The van der Waals surface area contributed by atoms with Gasteiger partial charge in [-0.2, -0.15) is 30.7 Å². The van der Waals surface area contributed by atoms with Gasteiger partial charge in [-0.25, -0.2) is 0 Å². The average molecular weight is 1110 g/mol. The van der Waals surface area contributed by atoms with Gasteiger partial charge in [0.15, 0.2) is 0 Å². The summed E-state index contributed by atoms with van der Waals surface area (Å²) in [5.41, 5.74) is 12.5. The molecule has 0 unspecified atom stereocenters. The molecule has 0 spiro atoms. The van der Waals surface area contributed by atoms with Gasteiger partial charge in [-0.05, 0) is 179 Å². The molecule has 10 rings (SSSR count). The Hall–Kier alpha value is -9.28. The lowest BCUT2D eigenvalue weighted by Crippen LogP contribution is -1.95. The number of fused-ring (bicyclic) bond motifs is 2. The van der Waals surface area contributed by atoms with Crippen molar-refractivity contribution < 1.29 is 9.47 Å². The predicted molar refractivity (Wildman–Crippen MR) is 345 cm³/mol. The Balaban J connectivity index is 0.763. The molecule has 0 fully saturated rings. The first-order valence-corrected chi connectivity index (χ1v) is 30.1. The molecule has 10 aromatic rings. The molecule has 0 aromatic heterocycles. The lowest BCUT2D eigenvalue weighted by molar-refractivity contribution is 0.306. The lowest BCUT2D eigenvalue weighted by Gasteiger charge is -2.15. The van der Waals surface area contributed by atoms with Crippen molar-refractivity contribution in [2.45, 2.75) is 117 Å². The number of aryl methyl sites for hydroxylation is 2. The Bertz CT molecular complexity index is 3530. The third-order valence-electron chi connectivity index (χ3n) is 15.0. The van der Waals surface area contributed by atoms with Gasteiger partial charge in [0.1, 0.15) is 24.7 Å². The maximum atomic E-state index is 6.10. The van der Waals surface area contributed by atoms with Crippen LogP contribution in [0.2, 0.25) is 0 Å². The number of rotatable bonds is 29. The van der Waals surface area contributed by atoms with Gasteiger partial charge in [0.25, 0.3) is 0 Å². The maximum Gasteiger partial charge on any atom is 0.119 e. The topological polar surface area (TPSA) is 117 Å². The highest BCUT2D eigenvalue weighted by Gasteiger charge is 2.18. The molecule has 10 aromatic carbocycles. The standard InChI is InChI=1S/C74H74N8O2/c1-3-5-7-9-11-13-19-55-25-29-57(30-26-55)53-83-67-47-43-65(44-48-67)77-75-61-35-39-63(40-36-61)79-81-71-51-33-59-21-15-17-23-69(59)73(71)74-70-24-18-16-22-60(70)34-52-72(74)82-80-64-41-37-62(38-42-64)76-78-66-45-49-68(50-46-66)84-54-58-31-27-56(28-32-58)20-14-12-10-8-6-4-2/h15-18,21-52H,3-14,19-20,53-54H2,1-2H3. The minimum Gasteiger partial charge on any atom is -0.489 e. The van der Waals surface area contributed by atoms with Crippen LogP contribution < -0.4 is 9.47 Å². The molecule has 0 saturated heterocycles. The quantitative estimate of drug-likeness (QED) is 0.0343. The highest BCUT2D eigenvalue weighted by atomic mass is 16.5. The van der Waals surface area contributed by atoms with E-state index in [4.69, 9.17) is 29.9 Å². The highest BCUT2D eigenvalue weighted by Crippen LogP contribution is 2.46. The number of nitrogens with zero attached hydrogens (tertiary/aromatic N) is 8. The Morgan fingerprint density at radius 1 is 0.262 bits per heavy atom. The number of ether oxygens (including phenoxy) is 2. The van der Waals surface area contributed by atoms with Gasteiger partial charge in [0, 0.05) is 11.1 Å². The van der Waals surface area contributed by atoms with Crippen LogP contribution in [-0.4, -0.2) is 0 Å². The first-order valence-electron chi connectivity index (χ1n) is 30.1. The molecule has 84 heavy (non-hydrogen) atoms. The van der Waals surface area contributed by atoms with Gasteiger partial charge in [0.05, 0.1) is 45.5 Å². The van der Waals surface area contributed by atoms with E-state index in [9.17, 15) is 0 Å². The summed E-state index contributed by atoms with van der Waals surface area (Å²) in [4.78, 5) is 0. The fourth-order valence-electron chi connectivity index (χ4n) is 10.2. The van der Waals surface area contributed by atoms with Gasteiger partial charge >= 0.3 is 0 Å². The molecule has 0 N–H and O–H groups in total. The summed E-state index contributed by atoms with van der Waals surface area (Å²) >= 11 is 0. The molecular weight excluding hydrogens is 1030 g/mol. The zero-order valence-electron chi connectivity index (χ0n) is 48.5. The van der Waals surface area contributed by atoms with Gasteiger partial charge in [-0.1, -0.05) is 187 Å². The molecule has 10 nitrogen and oxygen atoms in total. The Morgan fingerprint density at radius 3 is 0.917 bits per heavy atom. The first-order chi connectivity index (χ1) is 41.5. The second kappa shape index (κ2) is 30.7. The van der Waals surface area contributed by atoms with Gasteiger partial charge in [0.2, 0.25) is 0 Å². The third-order valence-corrected chi connectivity index (χ3v) is 15.0. The van der Waals surface area contributed by atoms with Crippen molar-refractivity contribution >= 4 is 67.0 Å². The monoisotopic (exact) mass is 1110 g/mol. The summed E-state index contributed by atoms with van der Waals surface area (Å²) in [6.07, 6.45) is 18.0. The molecule has 422 valence electrons. The Morgan fingerprint density at radius 2 is 0.560 bits per heavy atom. The van der Waals surface area contributed by atoms with Crippen LogP contribution in [0.4, 0.5) is 45.5 Å². The van der Waals surface area contributed by atoms with Gasteiger partial charge < -0.3 is 9.47 Å². The minimum absolute atomic E-state index is 0.512. The van der Waals surface area contributed by atoms with Crippen LogP contribution in [0.25, 0.3) is 32.7 Å². The number of azo groups is 4. The summed E-state index contributed by atoms with van der Waals surface area (Å²) in [6, 6.07) is 73.0. The van der Waals surface area contributed by atoms with E-state index in [-0.39, 0.29) is 0 Å². The number of benzene rings is 10. The van der Waals surface area contributed by atoms with Crippen LogP contribution >= 0.6 is 0 Å². The summed E-state index contributed by atoms with van der Waals surface area (Å²) < 4.78 is 12.2. The molecule has 0 aliphatic carbocycles. The molecule has 0 amide bonds. The SMILES string of the molecule is CCCCCCCCc1ccc(COc2ccc(N=Nc3ccc(N=Nc4ccc5ccccc5c4-c4c(N=Nc5ccc(N=Nc6ccc(OCc7ccc(CCCCCCCC)cc7)cc6)cc5)ccc5ccccc45)cc3)cc2)cc1. The van der Waals surface area contributed by atoms with Crippen molar-refractivity contribution in [3.63, 3.8) is 0 Å². The van der Waals surface area contributed by atoms with Crippen molar-refractivity contribution in [3.8, 4) is 22.6 Å². The Kier molecular flexibility index (Phi) is 21.2. The largest absolute Gasteiger partial charge is 0.489 e. The molecule has 0 aliphatic heterocycles. The van der Waals surface area contributed by atoms with Crippen LogP contribution in [0.5, 0.6) is 11.5 Å². The normalized spacial score (nSPS) is 11.8. The third kappa shape index (κ3) is 16.9. The molecule has 0 aliphatic rings. The minimum atomic E-state index is 0.512. The number of unbranched alkanes of at least 4 members (excludes halogenated alkanes) is 10. The fourth-order valence-corrected chi connectivity index (χ4v) is 10.2. The van der Waals surface area contributed by atoms with Crippen molar-refractivity contribution in [3.05, 3.63) is 241 Å².